The van der Waals surface area contributed by atoms with Gasteiger partial charge >= 0.3 is 0 Å². The number of aromatic nitrogens is 2. The molecule has 1 aliphatic rings. The van der Waals surface area contributed by atoms with Crippen molar-refractivity contribution >= 4 is 22.4 Å². The first-order valence-corrected chi connectivity index (χ1v) is 9.91. The molecule has 2 aromatic heterocycles. The number of carbonyl (C=O) groups excluding carboxylic acids is 1. The highest BCUT2D eigenvalue weighted by atomic mass is 32.1. The van der Waals surface area contributed by atoms with Crippen molar-refractivity contribution in [2.24, 2.45) is 5.41 Å². The molecule has 3 aromatic rings. The van der Waals surface area contributed by atoms with Crippen LogP contribution in [0, 0.1) is 5.41 Å². The molecule has 0 spiro atoms. The standard InChI is InChI=1S/C21H21N3O2S/c25-19(24-20-23-9-12-27-20)21(6-10-26-11-7-21)14-16-3-1-4-17(13-16)18-5-2-8-22-15-18/h1-5,8-9,12-13,15H,6-7,10-11,14H2,(H,23,24,25). The summed E-state index contributed by atoms with van der Waals surface area (Å²) in [6.45, 7) is 1.21. The zero-order valence-electron chi connectivity index (χ0n) is 14.9. The molecule has 1 aromatic carbocycles. The van der Waals surface area contributed by atoms with Gasteiger partial charge in [-0.1, -0.05) is 30.3 Å². The van der Waals surface area contributed by atoms with Crippen LogP contribution in [0.5, 0.6) is 0 Å². The van der Waals surface area contributed by atoms with Gasteiger partial charge in [0.25, 0.3) is 0 Å². The van der Waals surface area contributed by atoms with Gasteiger partial charge in [0.2, 0.25) is 5.91 Å². The van der Waals surface area contributed by atoms with Gasteiger partial charge in [-0.05, 0) is 42.0 Å². The molecule has 0 radical (unpaired) electrons. The Morgan fingerprint density at radius 3 is 2.74 bits per heavy atom. The van der Waals surface area contributed by atoms with Crippen molar-refractivity contribution in [1.29, 1.82) is 0 Å². The Morgan fingerprint density at radius 1 is 1.15 bits per heavy atom. The van der Waals surface area contributed by atoms with Crippen molar-refractivity contribution in [2.75, 3.05) is 18.5 Å². The lowest BCUT2D eigenvalue weighted by Crippen LogP contribution is -2.42. The first-order valence-electron chi connectivity index (χ1n) is 9.03. The molecular weight excluding hydrogens is 358 g/mol. The van der Waals surface area contributed by atoms with Crippen LogP contribution in [0.2, 0.25) is 0 Å². The fraction of sp³-hybridized carbons (Fsp3) is 0.286. The number of nitrogens with zero attached hydrogens (tertiary/aromatic N) is 2. The van der Waals surface area contributed by atoms with Gasteiger partial charge in [-0.2, -0.15) is 0 Å². The maximum atomic E-state index is 13.1. The van der Waals surface area contributed by atoms with Gasteiger partial charge in [-0.15, -0.1) is 11.3 Å². The van der Waals surface area contributed by atoms with E-state index in [-0.39, 0.29) is 5.91 Å². The van der Waals surface area contributed by atoms with Crippen molar-refractivity contribution in [1.82, 2.24) is 9.97 Å². The zero-order valence-corrected chi connectivity index (χ0v) is 15.7. The Bertz CT molecular complexity index is 891. The van der Waals surface area contributed by atoms with E-state index in [4.69, 9.17) is 4.74 Å². The topological polar surface area (TPSA) is 64.1 Å². The minimum atomic E-state index is -0.475. The monoisotopic (exact) mass is 379 g/mol. The summed E-state index contributed by atoms with van der Waals surface area (Å²) in [4.78, 5) is 21.5. The highest BCUT2D eigenvalue weighted by Gasteiger charge is 2.40. The summed E-state index contributed by atoms with van der Waals surface area (Å²) in [7, 11) is 0. The van der Waals surface area contributed by atoms with Crippen LogP contribution in [-0.2, 0) is 16.0 Å². The first-order chi connectivity index (χ1) is 13.3. The summed E-state index contributed by atoms with van der Waals surface area (Å²) >= 11 is 1.44. The van der Waals surface area contributed by atoms with E-state index < -0.39 is 5.41 Å². The second-order valence-electron chi connectivity index (χ2n) is 6.80. The lowest BCUT2D eigenvalue weighted by atomic mass is 9.74. The maximum absolute atomic E-state index is 13.1. The molecule has 1 saturated heterocycles. The third-order valence-electron chi connectivity index (χ3n) is 5.05. The molecule has 1 amide bonds. The molecular formula is C21H21N3O2S. The number of carbonyl (C=O) groups is 1. The van der Waals surface area contributed by atoms with E-state index in [9.17, 15) is 4.79 Å². The fourth-order valence-electron chi connectivity index (χ4n) is 3.55. The number of nitrogens with one attached hydrogen (secondary N) is 1. The highest BCUT2D eigenvalue weighted by molar-refractivity contribution is 7.13. The number of anilines is 1. The SMILES string of the molecule is O=C(Nc1nccs1)C1(Cc2cccc(-c3cccnc3)c2)CCOCC1. The van der Waals surface area contributed by atoms with Gasteiger partial charge in [-0.3, -0.25) is 9.78 Å². The maximum Gasteiger partial charge on any atom is 0.232 e. The van der Waals surface area contributed by atoms with Crippen LogP contribution in [0.3, 0.4) is 0 Å². The normalized spacial score (nSPS) is 16.0. The number of benzene rings is 1. The summed E-state index contributed by atoms with van der Waals surface area (Å²) in [6.07, 6.45) is 7.43. The van der Waals surface area contributed by atoms with Crippen LogP contribution in [0.4, 0.5) is 5.13 Å². The van der Waals surface area contributed by atoms with Gasteiger partial charge < -0.3 is 10.1 Å². The molecule has 138 valence electrons. The number of pyridine rings is 1. The molecule has 0 saturated carbocycles. The van der Waals surface area contributed by atoms with Crippen molar-refractivity contribution in [3.05, 3.63) is 65.9 Å². The van der Waals surface area contributed by atoms with Crippen LogP contribution in [0.15, 0.2) is 60.4 Å². The molecule has 0 atom stereocenters. The van der Waals surface area contributed by atoms with E-state index in [1.807, 2.05) is 29.8 Å². The van der Waals surface area contributed by atoms with Crippen LogP contribution >= 0.6 is 11.3 Å². The second kappa shape index (κ2) is 7.98. The molecule has 1 N–H and O–H groups in total. The van der Waals surface area contributed by atoms with Gasteiger partial charge in [0.1, 0.15) is 0 Å². The number of ether oxygens (including phenoxy) is 1. The quantitative estimate of drug-likeness (QED) is 0.722. The minimum Gasteiger partial charge on any atom is -0.381 e. The average Bonchev–Trinajstić information content (AvgIpc) is 3.23. The van der Waals surface area contributed by atoms with E-state index in [1.54, 1.807) is 12.4 Å². The van der Waals surface area contributed by atoms with Gasteiger partial charge in [-0.25, -0.2) is 4.98 Å². The Hall–Kier alpha value is -2.57. The van der Waals surface area contributed by atoms with E-state index in [2.05, 4.69) is 33.5 Å². The first kappa shape index (κ1) is 17.8. The summed E-state index contributed by atoms with van der Waals surface area (Å²) in [5, 5.41) is 5.51. The molecule has 0 unspecified atom stereocenters. The molecule has 0 aliphatic carbocycles. The number of amides is 1. The lowest BCUT2D eigenvalue weighted by Gasteiger charge is -2.35. The number of thiazole rings is 1. The van der Waals surface area contributed by atoms with Crippen molar-refractivity contribution < 1.29 is 9.53 Å². The Morgan fingerprint density at radius 2 is 2.00 bits per heavy atom. The molecule has 3 heterocycles. The number of hydrogen-bond acceptors (Lipinski definition) is 5. The predicted octanol–water partition coefficient (Wildman–Crippen LogP) is 4.18. The van der Waals surface area contributed by atoms with Crippen molar-refractivity contribution in [3.8, 4) is 11.1 Å². The smallest absolute Gasteiger partial charge is 0.232 e. The second-order valence-corrected chi connectivity index (χ2v) is 7.70. The van der Waals surface area contributed by atoms with Gasteiger partial charge in [0.05, 0.1) is 5.41 Å². The van der Waals surface area contributed by atoms with E-state index in [0.717, 1.165) is 16.7 Å². The minimum absolute atomic E-state index is 0.0348. The molecule has 27 heavy (non-hydrogen) atoms. The number of hydrogen-bond donors (Lipinski definition) is 1. The van der Waals surface area contributed by atoms with Crippen molar-refractivity contribution in [2.45, 2.75) is 19.3 Å². The summed E-state index contributed by atoms with van der Waals surface area (Å²) in [5.41, 5.74) is 2.86. The third kappa shape index (κ3) is 4.07. The molecule has 5 nitrogen and oxygen atoms in total. The van der Waals surface area contributed by atoms with E-state index >= 15 is 0 Å². The predicted molar refractivity (Wildman–Crippen MR) is 107 cm³/mol. The van der Waals surface area contributed by atoms with Crippen LogP contribution in [0.25, 0.3) is 11.1 Å². The Kier molecular flexibility index (Phi) is 5.27. The van der Waals surface area contributed by atoms with Crippen LogP contribution < -0.4 is 5.32 Å². The summed E-state index contributed by atoms with van der Waals surface area (Å²) < 4.78 is 5.54. The van der Waals surface area contributed by atoms with E-state index in [1.165, 1.54) is 11.3 Å². The molecule has 0 bridgehead atoms. The molecule has 4 rings (SSSR count). The largest absolute Gasteiger partial charge is 0.381 e. The average molecular weight is 379 g/mol. The highest BCUT2D eigenvalue weighted by Crippen LogP contribution is 2.36. The Balaban J connectivity index is 1.59. The number of rotatable bonds is 5. The third-order valence-corrected chi connectivity index (χ3v) is 5.74. The van der Waals surface area contributed by atoms with Crippen LogP contribution in [-0.4, -0.2) is 29.1 Å². The van der Waals surface area contributed by atoms with Crippen molar-refractivity contribution in [3.63, 3.8) is 0 Å². The van der Waals surface area contributed by atoms with Gasteiger partial charge in [0, 0.05) is 37.2 Å². The molecule has 1 aliphatic heterocycles. The molecule has 6 heteroatoms. The molecule has 1 fully saturated rings. The fourth-order valence-corrected chi connectivity index (χ4v) is 4.07. The summed E-state index contributed by atoms with van der Waals surface area (Å²) in [5.74, 6) is 0.0348. The lowest BCUT2D eigenvalue weighted by molar-refractivity contribution is -0.131. The van der Waals surface area contributed by atoms with Gasteiger partial charge in [0.15, 0.2) is 5.13 Å². The Labute approximate surface area is 162 Å². The van der Waals surface area contributed by atoms with E-state index in [0.29, 0.717) is 37.6 Å². The summed E-state index contributed by atoms with van der Waals surface area (Å²) in [6, 6.07) is 12.4. The zero-order chi connectivity index (χ0) is 18.5. The van der Waals surface area contributed by atoms with Crippen LogP contribution in [0.1, 0.15) is 18.4 Å².